The maximum Gasteiger partial charge on any atom is 0.237 e. The number of nitrogens with two attached hydrogens (primary N) is 2. The molecule has 1 atom stereocenters. The summed E-state index contributed by atoms with van der Waals surface area (Å²) in [6, 6.07) is 2.65. The minimum absolute atomic E-state index is 0.0104. The third-order valence-electron chi connectivity index (χ3n) is 2.51. The van der Waals surface area contributed by atoms with E-state index in [2.05, 4.69) is 15.1 Å². The molecular weight excluding hydrogens is 253 g/mol. The summed E-state index contributed by atoms with van der Waals surface area (Å²) in [7, 11) is 0. The number of hydrogen-bond donors (Lipinski definition) is 2. The number of nitrogens with zero attached hydrogens (tertiary/aromatic N) is 3. The first-order valence-corrected chi connectivity index (χ1v) is 5.42. The average molecular weight is 265 g/mol. The smallest absolute Gasteiger partial charge is 0.237 e. The predicted octanol–water partition coefficient (Wildman–Crippen LogP) is 0.0159. The van der Waals surface area contributed by atoms with E-state index in [1.165, 1.54) is 19.1 Å². The zero-order chi connectivity index (χ0) is 14.0. The minimum atomic E-state index is -1.28. The minimum Gasteiger partial charge on any atom is -0.368 e. The fourth-order valence-corrected chi connectivity index (χ4v) is 1.34. The second-order valence-corrected chi connectivity index (χ2v) is 4.33. The Morgan fingerprint density at radius 1 is 1.53 bits per heavy atom. The van der Waals surface area contributed by atoms with Crippen molar-refractivity contribution in [2.75, 3.05) is 0 Å². The van der Waals surface area contributed by atoms with Gasteiger partial charge in [-0.25, -0.2) is 9.37 Å². The van der Waals surface area contributed by atoms with Crippen LogP contribution < -0.4 is 11.5 Å². The first kappa shape index (κ1) is 13.1. The molecule has 2 aromatic heterocycles. The number of amides is 1. The van der Waals surface area contributed by atoms with Gasteiger partial charge in [0.1, 0.15) is 17.1 Å². The normalized spacial score (nSPS) is 14.1. The maximum absolute atomic E-state index is 12.7. The molecule has 2 heterocycles. The van der Waals surface area contributed by atoms with Crippen molar-refractivity contribution in [2.45, 2.75) is 18.9 Å². The van der Waals surface area contributed by atoms with Gasteiger partial charge in [-0.15, -0.1) is 0 Å². The molecule has 1 amide bonds. The van der Waals surface area contributed by atoms with Gasteiger partial charge in [0.25, 0.3) is 0 Å². The number of primary amides is 1. The zero-order valence-corrected chi connectivity index (χ0v) is 10.1. The van der Waals surface area contributed by atoms with E-state index < -0.39 is 17.3 Å². The molecule has 0 bridgehead atoms. The van der Waals surface area contributed by atoms with Crippen molar-refractivity contribution in [3.8, 4) is 11.5 Å². The number of carbonyl (C=O) groups is 1. The summed E-state index contributed by atoms with van der Waals surface area (Å²) in [4.78, 5) is 18.9. The quantitative estimate of drug-likeness (QED) is 0.803. The van der Waals surface area contributed by atoms with E-state index in [-0.39, 0.29) is 18.1 Å². The van der Waals surface area contributed by atoms with Crippen molar-refractivity contribution in [3.05, 3.63) is 30.0 Å². The van der Waals surface area contributed by atoms with E-state index in [1.54, 1.807) is 0 Å². The van der Waals surface area contributed by atoms with Crippen LogP contribution in [-0.2, 0) is 11.2 Å². The van der Waals surface area contributed by atoms with E-state index in [1.807, 2.05) is 0 Å². The molecule has 0 saturated carbocycles. The van der Waals surface area contributed by atoms with Gasteiger partial charge in [-0.1, -0.05) is 5.16 Å². The van der Waals surface area contributed by atoms with Crippen molar-refractivity contribution in [1.29, 1.82) is 0 Å². The molecule has 0 aromatic carbocycles. The van der Waals surface area contributed by atoms with Crippen LogP contribution in [0.3, 0.4) is 0 Å². The molecule has 19 heavy (non-hydrogen) atoms. The lowest BCUT2D eigenvalue weighted by Gasteiger charge is -2.17. The first-order chi connectivity index (χ1) is 8.88. The van der Waals surface area contributed by atoms with Crippen LogP contribution in [0.25, 0.3) is 11.5 Å². The van der Waals surface area contributed by atoms with Crippen LogP contribution >= 0.6 is 0 Å². The van der Waals surface area contributed by atoms with Gasteiger partial charge < -0.3 is 16.0 Å². The van der Waals surface area contributed by atoms with E-state index in [0.29, 0.717) is 5.69 Å². The molecule has 0 aliphatic carbocycles. The lowest BCUT2D eigenvalue weighted by Crippen LogP contribution is -2.51. The number of halogens is 1. The van der Waals surface area contributed by atoms with Crippen molar-refractivity contribution in [1.82, 2.24) is 15.1 Å². The summed E-state index contributed by atoms with van der Waals surface area (Å²) >= 11 is 0. The number of carbonyl (C=O) groups excluding carboxylic acids is 1. The number of pyridine rings is 1. The molecule has 0 aliphatic heterocycles. The highest BCUT2D eigenvalue weighted by molar-refractivity contribution is 5.84. The molecular formula is C11H12FN5O2. The van der Waals surface area contributed by atoms with Crippen LogP contribution in [-0.4, -0.2) is 26.6 Å². The summed E-state index contributed by atoms with van der Waals surface area (Å²) in [5, 5.41) is 3.68. The molecule has 0 aliphatic rings. The van der Waals surface area contributed by atoms with Crippen LogP contribution in [0, 0.1) is 5.82 Å². The van der Waals surface area contributed by atoms with E-state index in [9.17, 15) is 9.18 Å². The van der Waals surface area contributed by atoms with Crippen LogP contribution in [0.1, 0.15) is 12.8 Å². The Morgan fingerprint density at radius 2 is 2.26 bits per heavy atom. The lowest BCUT2D eigenvalue weighted by atomic mass is 9.99. The standard InChI is InChI=1S/C11H12FN5O2/c1-11(14,10(13)18)4-8-16-9(17-19-8)7-3-2-6(12)5-15-7/h2-3,5H,4,14H2,1H3,(H2,13,18). The largest absolute Gasteiger partial charge is 0.368 e. The topological polar surface area (TPSA) is 121 Å². The predicted molar refractivity (Wildman–Crippen MR) is 63.0 cm³/mol. The second-order valence-electron chi connectivity index (χ2n) is 4.33. The molecule has 0 spiro atoms. The number of rotatable bonds is 4. The third kappa shape index (κ3) is 2.91. The zero-order valence-electron chi connectivity index (χ0n) is 10.1. The Hall–Kier alpha value is -2.35. The molecule has 8 heteroatoms. The van der Waals surface area contributed by atoms with E-state index >= 15 is 0 Å². The van der Waals surface area contributed by atoms with Crippen LogP contribution in [0.5, 0.6) is 0 Å². The van der Waals surface area contributed by atoms with Crippen LogP contribution in [0.4, 0.5) is 4.39 Å². The van der Waals surface area contributed by atoms with Crippen LogP contribution in [0.15, 0.2) is 22.9 Å². The summed E-state index contributed by atoms with van der Waals surface area (Å²) in [6.45, 7) is 1.47. The number of aromatic nitrogens is 3. The van der Waals surface area contributed by atoms with E-state index in [0.717, 1.165) is 6.20 Å². The fourth-order valence-electron chi connectivity index (χ4n) is 1.34. The highest BCUT2D eigenvalue weighted by Crippen LogP contribution is 2.15. The SMILES string of the molecule is CC(N)(Cc1nc(-c2ccc(F)cn2)no1)C(N)=O. The van der Waals surface area contributed by atoms with Gasteiger partial charge in [-0.05, 0) is 19.1 Å². The molecule has 1 unspecified atom stereocenters. The van der Waals surface area contributed by atoms with Gasteiger partial charge in [0.2, 0.25) is 17.6 Å². The highest BCUT2D eigenvalue weighted by atomic mass is 19.1. The molecule has 2 aromatic rings. The Morgan fingerprint density at radius 3 is 2.84 bits per heavy atom. The maximum atomic E-state index is 12.7. The lowest BCUT2D eigenvalue weighted by molar-refractivity contribution is -0.122. The average Bonchev–Trinajstić information content (AvgIpc) is 2.77. The van der Waals surface area contributed by atoms with Gasteiger partial charge in [-0.3, -0.25) is 4.79 Å². The second kappa shape index (κ2) is 4.73. The molecule has 4 N–H and O–H groups in total. The summed E-state index contributed by atoms with van der Waals surface area (Å²) < 4.78 is 17.7. The van der Waals surface area contributed by atoms with Gasteiger partial charge in [0, 0.05) is 0 Å². The molecule has 100 valence electrons. The molecule has 2 rings (SSSR count). The summed E-state index contributed by atoms with van der Waals surface area (Å²) in [6.07, 6.45) is 1.05. The van der Waals surface area contributed by atoms with Crippen molar-refractivity contribution in [3.63, 3.8) is 0 Å². The molecule has 7 nitrogen and oxygen atoms in total. The summed E-state index contributed by atoms with van der Waals surface area (Å²) in [5.74, 6) is -0.789. The van der Waals surface area contributed by atoms with E-state index in [4.69, 9.17) is 16.0 Å². The van der Waals surface area contributed by atoms with Crippen molar-refractivity contribution >= 4 is 5.91 Å². The first-order valence-electron chi connectivity index (χ1n) is 5.42. The Labute approximate surface area is 107 Å². The molecule has 0 saturated heterocycles. The fraction of sp³-hybridized carbons (Fsp3) is 0.273. The van der Waals surface area contributed by atoms with Crippen LogP contribution in [0.2, 0.25) is 0 Å². The van der Waals surface area contributed by atoms with Crippen molar-refractivity contribution < 1.29 is 13.7 Å². The van der Waals surface area contributed by atoms with Gasteiger partial charge in [-0.2, -0.15) is 4.98 Å². The molecule has 0 radical (unpaired) electrons. The third-order valence-corrected chi connectivity index (χ3v) is 2.51. The Kier molecular flexibility index (Phi) is 3.26. The van der Waals surface area contributed by atoms with Gasteiger partial charge in [0.15, 0.2) is 0 Å². The van der Waals surface area contributed by atoms with Gasteiger partial charge in [0.05, 0.1) is 12.6 Å². The van der Waals surface area contributed by atoms with Gasteiger partial charge >= 0.3 is 0 Å². The van der Waals surface area contributed by atoms with Crippen molar-refractivity contribution in [2.24, 2.45) is 11.5 Å². The molecule has 0 fully saturated rings. The summed E-state index contributed by atoms with van der Waals surface area (Å²) in [5.41, 5.74) is 9.91. The number of hydrogen-bond acceptors (Lipinski definition) is 6. The monoisotopic (exact) mass is 265 g/mol. The highest BCUT2D eigenvalue weighted by Gasteiger charge is 2.29. The Bertz CT molecular complexity index is 593. The Balaban J connectivity index is 2.20.